The highest BCUT2D eigenvalue weighted by molar-refractivity contribution is 14.1. The molecule has 4 heteroatoms. The Morgan fingerprint density at radius 1 is 0.962 bits per heavy atom. The van der Waals surface area contributed by atoms with E-state index in [-0.39, 0.29) is 5.91 Å². The third-order valence-electron chi connectivity index (χ3n) is 3.87. The van der Waals surface area contributed by atoms with Gasteiger partial charge in [-0.3, -0.25) is 4.79 Å². The zero-order valence-corrected chi connectivity index (χ0v) is 16.9. The van der Waals surface area contributed by atoms with Crippen molar-refractivity contribution in [3.05, 3.63) is 105 Å². The number of halogens is 2. The summed E-state index contributed by atoms with van der Waals surface area (Å²) in [7, 11) is 0. The van der Waals surface area contributed by atoms with Crippen LogP contribution in [-0.2, 0) is 11.3 Å². The molecular formula is C22H17ClINO. The molecule has 0 unspecified atom stereocenters. The van der Waals surface area contributed by atoms with E-state index in [1.165, 1.54) is 0 Å². The second-order valence-electron chi connectivity index (χ2n) is 5.75. The minimum atomic E-state index is -0.0713. The SMILES string of the molecule is O=C(/C=C/c1ccccc1)N(Cc1ccccc1)c1ccc(Cl)cc1I. The van der Waals surface area contributed by atoms with E-state index in [0.717, 1.165) is 20.4 Å². The fourth-order valence-electron chi connectivity index (χ4n) is 2.57. The largest absolute Gasteiger partial charge is 0.303 e. The van der Waals surface area contributed by atoms with Gasteiger partial charge in [-0.15, -0.1) is 0 Å². The van der Waals surface area contributed by atoms with Gasteiger partial charge in [0.25, 0.3) is 5.91 Å². The quantitative estimate of drug-likeness (QED) is 0.319. The minimum Gasteiger partial charge on any atom is -0.303 e. The second kappa shape index (κ2) is 9.01. The Kier molecular flexibility index (Phi) is 6.47. The van der Waals surface area contributed by atoms with Gasteiger partial charge in [0.05, 0.1) is 12.2 Å². The van der Waals surface area contributed by atoms with Crippen molar-refractivity contribution in [2.75, 3.05) is 4.90 Å². The Hall–Kier alpha value is -2.11. The average Bonchev–Trinajstić information content (AvgIpc) is 2.66. The predicted molar refractivity (Wildman–Crippen MR) is 117 cm³/mol. The maximum Gasteiger partial charge on any atom is 0.251 e. The Balaban J connectivity index is 1.91. The first-order chi connectivity index (χ1) is 12.6. The molecule has 1 amide bonds. The zero-order valence-electron chi connectivity index (χ0n) is 14.0. The third kappa shape index (κ3) is 4.96. The van der Waals surface area contributed by atoms with Gasteiger partial charge in [-0.25, -0.2) is 0 Å². The number of benzene rings is 3. The number of carbonyl (C=O) groups is 1. The molecule has 2 nitrogen and oxygen atoms in total. The van der Waals surface area contributed by atoms with Crippen LogP contribution in [0.4, 0.5) is 5.69 Å². The van der Waals surface area contributed by atoms with Gasteiger partial charge in [-0.1, -0.05) is 72.3 Å². The molecule has 0 fully saturated rings. The lowest BCUT2D eigenvalue weighted by atomic mass is 10.1. The van der Waals surface area contributed by atoms with Crippen LogP contribution in [0.15, 0.2) is 84.9 Å². The molecule has 0 N–H and O–H groups in total. The molecule has 3 aromatic carbocycles. The zero-order chi connectivity index (χ0) is 18.4. The van der Waals surface area contributed by atoms with E-state index in [0.29, 0.717) is 11.6 Å². The van der Waals surface area contributed by atoms with Gasteiger partial charge in [0, 0.05) is 14.7 Å². The molecule has 0 radical (unpaired) electrons. The second-order valence-corrected chi connectivity index (χ2v) is 7.35. The van der Waals surface area contributed by atoms with Crippen molar-refractivity contribution in [1.29, 1.82) is 0 Å². The van der Waals surface area contributed by atoms with Crippen LogP contribution in [0.1, 0.15) is 11.1 Å². The van der Waals surface area contributed by atoms with E-state index in [2.05, 4.69) is 22.6 Å². The summed E-state index contributed by atoms with van der Waals surface area (Å²) in [6, 6.07) is 25.3. The lowest BCUT2D eigenvalue weighted by Gasteiger charge is -2.23. The highest BCUT2D eigenvalue weighted by Gasteiger charge is 2.17. The molecule has 0 aliphatic rings. The van der Waals surface area contributed by atoms with Crippen molar-refractivity contribution in [2.24, 2.45) is 0 Å². The molecule has 0 spiro atoms. The van der Waals surface area contributed by atoms with Crippen molar-refractivity contribution in [3.8, 4) is 0 Å². The van der Waals surface area contributed by atoms with Crippen molar-refractivity contribution in [3.63, 3.8) is 0 Å². The summed E-state index contributed by atoms with van der Waals surface area (Å²) in [4.78, 5) is 14.7. The number of carbonyl (C=O) groups excluding carboxylic acids is 1. The van der Waals surface area contributed by atoms with Crippen molar-refractivity contribution < 1.29 is 4.79 Å². The smallest absolute Gasteiger partial charge is 0.251 e. The van der Waals surface area contributed by atoms with Gasteiger partial charge in [0.2, 0.25) is 0 Å². The van der Waals surface area contributed by atoms with E-state index < -0.39 is 0 Å². The molecule has 26 heavy (non-hydrogen) atoms. The van der Waals surface area contributed by atoms with Crippen LogP contribution in [0.3, 0.4) is 0 Å². The first-order valence-corrected chi connectivity index (χ1v) is 9.63. The molecule has 130 valence electrons. The fraction of sp³-hybridized carbons (Fsp3) is 0.0455. The van der Waals surface area contributed by atoms with Gasteiger partial charge >= 0.3 is 0 Å². The monoisotopic (exact) mass is 473 g/mol. The average molecular weight is 474 g/mol. The van der Waals surface area contributed by atoms with Crippen LogP contribution < -0.4 is 4.90 Å². The normalized spacial score (nSPS) is 10.8. The summed E-state index contributed by atoms with van der Waals surface area (Å²) in [5, 5.41) is 0.657. The molecular weight excluding hydrogens is 457 g/mol. The fourth-order valence-corrected chi connectivity index (χ4v) is 3.73. The summed E-state index contributed by atoms with van der Waals surface area (Å²) >= 11 is 8.30. The van der Waals surface area contributed by atoms with Crippen molar-refractivity contribution >= 4 is 51.9 Å². The first kappa shape index (κ1) is 18.7. The lowest BCUT2D eigenvalue weighted by Crippen LogP contribution is -2.29. The first-order valence-electron chi connectivity index (χ1n) is 8.17. The van der Waals surface area contributed by atoms with Crippen molar-refractivity contribution in [1.82, 2.24) is 0 Å². The number of amides is 1. The van der Waals surface area contributed by atoms with Gasteiger partial charge in [-0.05, 0) is 58.0 Å². The number of hydrogen-bond acceptors (Lipinski definition) is 1. The highest BCUT2D eigenvalue weighted by Crippen LogP contribution is 2.27. The Labute approximate surface area is 172 Å². The number of nitrogens with zero attached hydrogens (tertiary/aromatic N) is 1. The van der Waals surface area contributed by atoms with Gasteiger partial charge in [0.15, 0.2) is 0 Å². The third-order valence-corrected chi connectivity index (χ3v) is 4.97. The maximum absolute atomic E-state index is 13.0. The van der Waals surface area contributed by atoms with Crippen LogP contribution in [0.2, 0.25) is 5.02 Å². The molecule has 3 rings (SSSR count). The molecule has 0 aliphatic heterocycles. The van der Waals surface area contributed by atoms with E-state index in [1.54, 1.807) is 11.0 Å². The summed E-state index contributed by atoms with van der Waals surface area (Å²) < 4.78 is 0.937. The Morgan fingerprint density at radius 3 is 2.27 bits per heavy atom. The van der Waals surface area contributed by atoms with E-state index in [4.69, 9.17) is 11.6 Å². The lowest BCUT2D eigenvalue weighted by molar-refractivity contribution is -0.114. The summed E-state index contributed by atoms with van der Waals surface area (Å²) in [5.41, 5.74) is 2.91. The molecule has 0 bridgehead atoms. The minimum absolute atomic E-state index is 0.0713. The topological polar surface area (TPSA) is 20.3 Å². The standard InChI is InChI=1S/C22H17ClINO/c23-19-12-13-21(20(24)15-19)25(16-18-9-5-2-6-10-18)22(26)14-11-17-7-3-1-4-8-17/h1-15H,16H2/b14-11+. The number of hydrogen-bond donors (Lipinski definition) is 0. The number of rotatable bonds is 5. The van der Waals surface area contributed by atoms with E-state index in [1.807, 2.05) is 84.9 Å². The van der Waals surface area contributed by atoms with Gasteiger partial charge in [-0.2, -0.15) is 0 Å². The van der Waals surface area contributed by atoms with Gasteiger partial charge in [0.1, 0.15) is 0 Å². The number of anilines is 1. The molecule has 0 heterocycles. The molecule has 3 aromatic rings. The van der Waals surface area contributed by atoms with E-state index >= 15 is 0 Å². The molecule has 0 atom stereocenters. The predicted octanol–water partition coefficient (Wildman–Crippen LogP) is 6.19. The van der Waals surface area contributed by atoms with Crippen LogP contribution in [0.5, 0.6) is 0 Å². The molecule has 0 aromatic heterocycles. The maximum atomic E-state index is 13.0. The highest BCUT2D eigenvalue weighted by atomic mass is 127. The molecule has 0 saturated carbocycles. The summed E-state index contributed by atoms with van der Waals surface area (Å²) in [5.74, 6) is -0.0713. The van der Waals surface area contributed by atoms with Crippen LogP contribution in [-0.4, -0.2) is 5.91 Å². The Morgan fingerprint density at radius 2 is 1.62 bits per heavy atom. The Bertz CT molecular complexity index is 910. The summed E-state index contributed by atoms with van der Waals surface area (Å²) in [6.07, 6.45) is 3.45. The van der Waals surface area contributed by atoms with Crippen LogP contribution in [0, 0.1) is 3.57 Å². The van der Waals surface area contributed by atoms with Crippen LogP contribution in [0.25, 0.3) is 6.08 Å². The molecule has 0 saturated heterocycles. The van der Waals surface area contributed by atoms with Gasteiger partial charge < -0.3 is 4.90 Å². The molecule has 0 aliphatic carbocycles. The van der Waals surface area contributed by atoms with Crippen LogP contribution >= 0.6 is 34.2 Å². The van der Waals surface area contributed by atoms with E-state index in [9.17, 15) is 4.79 Å². The van der Waals surface area contributed by atoms with Crippen molar-refractivity contribution in [2.45, 2.75) is 6.54 Å². The summed E-state index contributed by atoms with van der Waals surface area (Å²) in [6.45, 7) is 0.496.